The molecule has 3 aliphatic rings. The van der Waals surface area contributed by atoms with Gasteiger partial charge < -0.3 is 9.80 Å². The first kappa shape index (κ1) is 27.4. The number of para-hydroxylation sites is 1. The monoisotopic (exact) mass is 561 g/mol. The van der Waals surface area contributed by atoms with Crippen molar-refractivity contribution in [1.82, 2.24) is 14.6 Å². The highest BCUT2D eigenvalue weighted by atomic mass is 19.4. The van der Waals surface area contributed by atoms with Gasteiger partial charge in [-0.25, -0.2) is 14.0 Å². The zero-order chi connectivity index (χ0) is 28.7. The lowest BCUT2D eigenvalue weighted by Gasteiger charge is -2.38. The third-order valence-electron chi connectivity index (χ3n) is 7.34. The van der Waals surface area contributed by atoms with Crippen LogP contribution in [0.2, 0.25) is 0 Å². The van der Waals surface area contributed by atoms with Gasteiger partial charge in [-0.1, -0.05) is 31.0 Å². The van der Waals surface area contributed by atoms with Gasteiger partial charge in [-0.2, -0.15) is 13.2 Å². The van der Waals surface area contributed by atoms with Crippen LogP contribution in [0, 0.1) is 5.82 Å². The lowest BCUT2D eigenvalue weighted by Crippen LogP contribution is -2.55. The van der Waals surface area contributed by atoms with Crippen LogP contribution in [-0.2, 0) is 21.0 Å². The zero-order valence-electron chi connectivity index (χ0n) is 21.2. The predicted octanol–water partition coefficient (Wildman–Crippen LogP) is 3.76. The molecule has 0 aromatic heterocycles. The fraction of sp³-hybridized carbons (Fsp3) is 0.370. The minimum absolute atomic E-state index is 0.0375. The van der Waals surface area contributed by atoms with E-state index < -0.39 is 46.5 Å². The second kappa shape index (κ2) is 10.5. The van der Waals surface area contributed by atoms with Crippen LogP contribution < -0.4 is 4.76 Å². The Labute approximate surface area is 226 Å². The number of nitrogens with zero attached hydrogens (tertiary/aromatic N) is 4. The molecule has 13 heteroatoms. The molecule has 0 spiro atoms. The lowest BCUT2D eigenvalue weighted by atomic mass is 10.0. The van der Waals surface area contributed by atoms with Crippen LogP contribution in [0.1, 0.15) is 52.0 Å². The van der Waals surface area contributed by atoms with E-state index in [1.807, 2.05) is 0 Å². The molecule has 1 aliphatic carbocycles. The number of piperazine rings is 1. The number of halogens is 4. The van der Waals surface area contributed by atoms with Crippen molar-refractivity contribution < 1.29 is 41.6 Å². The zero-order valence-corrected chi connectivity index (χ0v) is 21.2. The molecule has 0 radical (unpaired) electrons. The summed E-state index contributed by atoms with van der Waals surface area (Å²) in [6.45, 7) is -0.281. The quantitative estimate of drug-likeness (QED) is 0.409. The molecule has 2 fully saturated rings. The summed E-state index contributed by atoms with van der Waals surface area (Å²) in [7, 11) is 0. The number of ketones is 1. The molecule has 2 aromatic rings. The molecule has 0 bridgehead atoms. The molecule has 0 N–H and O–H groups in total. The van der Waals surface area contributed by atoms with Crippen molar-refractivity contribution in [1.29, 1.82) is 0 Å². The SMILES string of the molecule is O=C1C=N[N+](Cc2ccc(F)c(C(=O)N3CCN(C4CCCC4)C(=O)C3)c2)(OC(=O)C(F)(F)F)c2ccccc21. The number of Topliss-reactive ketones (excluding diaryl/α,β-unsaturated/α-hetero) is 1. The number of hydroxylamine groups is 1. The second-order valence-corrected chi connectivity index (χ2v) is 9.93. The van der Waals surface area contributed by atoms with Gasteiger partial charge in [-0.3, -0.25) is 14.4 Å². The number of amides is 2. The Bertz CT molecular complexity index is 1410. The molecule has 2 amide bonds. The largest absolute Gasteiger partial charge is 0.497 e. The van der Waals surface area contributed by atoms with E-state index in [-0.39, 0.29) is 41.9 Å². The van der Waals surface area contributed by atoms with Crippen LogP contribution in [-0.4, -0.2) is 71.4 Å². The van der Waals surface area contributed by atoms with E-state index in [4.69, 9.17) is 4.84 Å². The van der Waals surface area contributed by atoms with Crippen molar-refractivity contribution in [2.75, 3.05) is 19.6 Å². The van der Waals surface area contributed by atoms with Gasteiger partial charge in [0.05, 0.1) is 11.1 Å². The summed E-state index contributed by atoms with van der Waals surface area (Å²) < 4.78 is 53.1. The van der Waals surface area contributed by atoms with E-state index in [1.54, 1.807) is 4.90 Å². The third-order valence-corrected chi connectivity index (χ3v) is 7.34. The van der Waals surface area contributed by atoms with Crippen LogP contribution in [0.15, 0.2) is 47.6 Å². The van der Waals surface area contributed by atoms with E-state index >= 15 is 0 Å². The summed E-state index contributed by atoms with van der Waals surface area (Å²) >= 11 is 0. The summed E-state index contributed by atoms with van der Waals surface area (Å²) in [5, 5.41) is 3.86. The molecule has 1 atom stereocenters. The van der Waals surface area contributed by atoms with Gasteiger partial charge in [0.1, 0.15) is 18.6 Å². The van der Waals surface area contributed by atoms with Gasteiger partial charge in [0, 0.05) is 35.5 Å². The number of benzene rings is 2. The number of alkyl halides is 3. The van der Waals surface area contributed by atoms with Gasteiger partial charge >= 0.3 is 12.1 Å². The van der Waals surface area contributed by atoms with E-state index in [0.717, 1.165) is 44.0 Å². The van der Waals surface area contributed by atoms with Crippen molar-refractivity contribution in [2.24, 2.45) is 5.10 Å². The minimum Gasteiger partial charge on any atom is -0.336 e. The second-order valence-electron chi connectivity index (χ2n) is 9.93. The van der Waals surface area contributed by atoms with Crippen molar-refractivity contribution in [3.8, 4) is 0 Å². The highest BCUT2D eigenvalue weighted by molar-refractivity contribution is 6.37. The molecule has 40 heavy (non-hydrogen) atoms. The van der Waals surface area contributed by atoms with Crippen LogP contribution >= 0.6 is 0 Å². The Kier molecular flexibility index (Phi) is 7.17. The third kappa shape index (κ3) is 5.20. The molecule has 1 saturated heterocycles. The van der Waals surface area contributed by atoms with Crippen molar-refractivity contribution in [3.63, 3.8) is 0 Å². The summed E-state index contributed by atoms with van der Waals surface area (Å²) in [6, 6.07) is 9.00. The Morgan fingerprint density at radius 2 is 1.77 bits per heavy atom. The number of fused-ring (bicyclic) bond motifs is 1. The Hall–Kier alpha value is -4.13. The lowest BCUT2D eigenvalue weighted by molar-refractivity contribution is -0.237. The molecular formula is C27H25F4N4O5+. The molecular weight excluding hydrogens is 536 g/mol. The Balaban J connectivity index is 1.43. The Morgan fingerprint density at radius 1 is 1.05 bits per heavy atom. The van der Waals surface area contributed by atoms with Gasteiger partial charge in [-0.15, -0.1) is 0 Å². The van der Waals surface area contributed by atoms with Crippen LogP contribution in [0.5, 0.6) is 0 Å². The van der Waals surface area contributed by atoms with Crippen molar-refractivity contribution in [3.05, 3.63) is 65.0 Å². The Morgan fingerprint density at radius 3 is 2.48 bits per heavy atom. The number of hydrogen-bond donors (Lipinski definition) is 0. The average Bonchev–Trinajstić information content (AvgIpc) is 3.46. The standard InChI is InChI=1S/C27H25F4N4O5/c28-21-10-9-17(13-20(21)25(38)33-11-12-34(24(37)15-33)18-5-1-2-6-18)16-35(40-26(39)27(29,30)31)22-8-4-3-7-19(22)23(36)14-32-35/h3-4,7-10,13-14,18H,1-2,5-6,11-12,15-16H2/q+1. The van der Waals surface area contributed by atoms with Crippen molar-refractivity contribution in [2.45, 2.75) is 44.4 Å². The molecule has 9 nitrogen and oxygen atoms in total. The molecule has 2 heterocycles. The minimum atomic E-state index is -5.37. The number of carbonyl (C=O) groups excluding carboxylic acids is 4. The van der Waals surface area contributed by atoms with Crippen molar-refractivity contribution >= 4 is 35.5 Å². The van der Waals surface area contributed by atoms with E-state index in [1.165, 1.54) is 35.2 Å². The number of hydrogen-bond acceptors (Lipinski definition) is 6. The van der Waals surface area contributed by atoms with Gasteiger partial charge in [0.15, 0.2) is 6.54 Å². The molecule has 1 saturated carbocycles. The maximum Gasteiger partial charge on any atom is 0.497 e. The van der Waals surface area contributed by atoms with Gasteiger partial charge in [0.25, 0.3) is 5.91 Å². The van der Waals surface area contributed by atoms with Crippen LogP contribution in [0.3, 0.4) is 0 Å². The van der Waals surface area contributed by atoms with Gasteiger partial charge in [-0.05, 0) is 36.1 Å². The first-order chi connectivity index (χ1) is 19.0. The predicted molar refractivity (Wildman–Crippen MR) is 133 cm³/mol. The smallest absolute Gasteiger partial charge is 0.336 e. The maximum atomic E-state index is 14.9. The topological polar surface area (TPSA) is 96.4 Å². The fourth-order valence-corrected chi connectivity index (χ4v) is 5.40. The summed E-state index contributed by atoms with van der Waals surface area (Å²) in [5.74, 6) is -5.03. The highest BCUT2D eigenvalue weighted by Gasteiger charge is 2.52. The number of rotatable bonds is 5. The number of carbonyl (C=O) groups is 4. The highest BCUT2D eigenvalue weighted by Crippen LogP contribution is 2.36. The fourth-order valence-electron chi connectivity index (χ4n) is 5.40. The van der Waals surface area contributed by atoms with E-state index in [0.29, 0.717) is 6.54 Å². The van der Waals surface area contributed by atoms with Crippen LogP contribution in [0.4, 0.5) is 23.2 Å². The maximum absolute atomic E-state index is 14.9. The van der Waals surface area contributed by atoms with E-state index in [2.05, 4.69) is 5.10 Å². The average molecular weight is 562 g/mol. The molecule has 1 unspecified atom stereocenters. The number of quaternary nitrogens is 1. The normalized spacial score (nSPS) is 21.5. The summed E-state index contributed by atoms with van der Waals surface area (Å²) in [6.07, 6.45) is -0.726. The van der Waals surface area contributed by atoms with Gasteiger partial charge in [0.2, 0.25) is 17.4 Å². The summed E-state index contributed by atoms with van der Waals surface area (Å²) in [5.41, 5.74) is -0.481. The summed E-state index contributed by atoms with van der Waals surface area (Å²) in [4.78, 5) is 58.1. The molecule has 210 valence electrons. The van der Waals surface area contributed by atoms with Crippen LogP contribution in [0.25, 0.3) is 0 Å². The molecule has 5 rings (SSSR count). The first-order valence-corrected chi connectivity index (χ1v) is 12.7. The molecule has 2 aromatic carbocycles. The first-order valence-electron chi connectivity index (χ1n) is 12.7. The molecule has 2 aliphatic heterocycles. The van der Waals surface area contributed by atoms with E-state index in [9.17, 15) is 36.7 Å².